The van der Waals surface area contributed by atoms with Crippen molar-refractivity contribution >= 4 is 29.0 Å². The molecule has 1 amide bonds. The molecule has 146 valence electrons. The Hall–Kier alpha value is -2.95. The van der Waals surface area contributed by atoms with Crippen molar-refractivity contribution in [3.05, 3.63) is 100 Å². The van der Waals surface area contributed by atoms with Gasteiger partial charge < -0.3 is 10.0 Å². The molecule has 0 saturated heterocycles. The van der Waals surface area contributed by atoms with Crippen molar-refractivity contribution in [1.29, 1.82) is 0 Å². The first-order valence-electron chi connectivity index (χ1n) is 9.37. The molecule has 29 heavy (non-hydrogen) atoms. The molecule has 0 spiro atoms. The Morgan fingerprint density at radius 2 is 1.76 bits per heavy atom. The number of ketones is 1. The van der Waals surface area contributed by atoms with Crippen molar-refractivity contribution in [2.24, 2.45) is 0 Å². The van der Waals surface area contributed by atoms with E-state index in [1.54, 1.807) is 42.5 Å². The normalized spacial score (nSPS) is 18.0. The number of fused-ring (bicyclic) bond motifs is 1. The van der Waals surface area contributed by atoms with Crippen LogP contribution in [0.1, 0.15) is 33.5 Å². The Labute approximate surface area is 174 Å². The minimum absolute atomic E-state index is 0.261. The van der Waals surface area contributed by atoms with Crippen LogP contribution in [0.25, 0.3) is 0 Å². The van der Waals surface area contributed by atoms with Gasteiger partial charge in [0.1, 0.15) is 0 Å². The van der Waals surface area contributed by atoms with Gasteiger partial charge in [0.05, 0.1) is 18.7 Å². The molecule has 0 aliphatic carbocycles. The number of Topliss-reactive ketones (excluding diaryl/α,β-unsaturated/α-hetero) is 1. The molecule has 0 fully saturated rings. The fourth-order valence-corrected chi connectivity index (χ4v) is 3.94. The molecule has 0 radical (unpaired) electrons. The van der Waals surface area contributed by atoms with Crippen molar-refractivity contribution in [2.45, 2.75) is 25.5 Å². The topological polar surface area (TPSA) is 57.6 Å². The highest BCUT2D eigenvalue weighted by Crippen LogP contribution is 2.43. The largest absolute Gasteiger partial charge is 0.375 e. The predicted octanol–water partition coefficient (Wildman–Crippen LogP) is 4.66. The maximum Gasteiger partial charge on any atom is 0.264 e. The van der Waals surface area contributed by atoms with Gasteiger partial charge in [0.15, 0.2) is 11.4 Å². The highest BCUT2D eigenvalue weighted by Gasteiger charge is 2.50. The van der Waals surface area contributed by atoms with E-state index in [-0.39, 0.29) is 18.7 Å². The third-order valence-electron chi connectivity index (χ3n) is 5.26. The second kappa shape index (κ2) is 7.47. The third kappa shape index (κ3) is 3.57. The number of rotatable bonds is 5. The van der Waals surface area contributed by atoms with Gasteiger partial charge in [-0.05, 0) is 30.7 Å². The maximum atomic E-state index is 13.3. The van der Waals surface area contributed by atoms with Crippen LogP contribution < -0.4 is 4.90 Å². The Morgan fingerprint density at radius 3 is 2.48 bits per heavy atom. The van der Waals surface area contributed by atoms with Crippen LogP contribution in [-0.2, 0) is 16.9 Å². The third-order valence-corrected chi connectivity index (χ3v) is 5.49. The first kappa shape index (κ1) is 19.4. The maximum absolute atomic E-state index is 13.3. The van der Waals surface area contributed by atoms with Gasteiger partial charge >= 0.3 is 0 Å². The van der Waals surface area contributed by atoms with Crippen molar-refractivity contribution in [2.75, 3.05) is 4.90 Å². The van der Waals surface area contributed by atoms with E-state index in [1.807, 2.05) is 37.3 Å². The monoisotopic (exact) mass is 405 g/mol. The quantitative estimate of drug-likeness (QED) is 0.628. The van der Waals surface area contributed by atoms with E-state index in [0.717, 1.165) is 11.1 Å². The van der Waals surface area contributed by atoms with Gasteiger partial charge in [0.25, 0.3) is 5.91 Å². The highest BCUT2D eigenvalue weighted by molar-refractivity contribution is 6.30. The van der Waals surface area contributed by atoms with Crippen LogP contribution in [0.2, 0.25) is 5.02 Å². The summed E-state index contributed by atoms with van der Waals surface area (Å²) < 4.78 is 0. The lowest BCUT2D eigenvalue weighted by atomic mass is 9.88. The van der Waals surface area contributed by atoms with Gasteiger partial charge in [-0.1, -0.05) is 71.8 Å². The van der Waals surface area contributed by atoms with Crippen molar-refractivity contribution < 1.29 is 14.7 Å². The number of para-hydroxylation sites is 1. The van der Waals surface area contributed by atoms with Crippen LogP contribution in [0.15, 0.2) is 72.8 Å². The number of carbonyl (C=O) groups excluding carboxylic acids is 2. The zero-order valence-corrected chi connectivity index (χ0v) is 16.7. The van der Waals surface area contributed by atoms with Crippen molar-refractivity contribution in [1.82, 2.24) is 0 Å². The van der Waals surface area contributed by atoms with Crippen LogP contribution in [0, 0.1) is 6.92 Å². The SMILES string of the molecule is Cc1ccc(C(=O)C[C@@]2(O)C(=O)N(Cc3cccc(Cl)c3)c3ccccc32)cc1. The van der Waals surface area contributed by atoms with E-state index in [2.05, 4.69) is 0 Å². The smallest absolute Gasteiger partial charge is 0.264 e. The number of amides is 1. The van der Waals surface area contributed by atoms with Crippen LogP contribution in [-0.4, -0.2) is 16.8 Å². The first-order valence-corrected chi connectivity index (χ1v) is 9.74. The number of nitrogens with zero attached hydrogens (tertiary/aromatic N) is 1. The van der Waals surface area contributed by atoms with Crippen molar-refractivity contribution in [3.8, 4) is 0 Å². The molecule has 1 atom stereocenters. The van der Waals surface area contributed by atoms with E-state index in [4.69, 9.17) is 11.6 Å². The number of benzene rings is 3. The average Bonchev–Trinajstić information content (AvgIpc) is 2.91. The lowest BCUT2D eigenvalue weighted by Crippen LogP contribution is -2.41. The molecule has 5 heteroatoms. The summed E-state index contributed by atoms with van der Waals surface area (Å²) in [5.41, 5.74) is 1.52. The molecule has 3 aromatic carbocycles. The summed E-state index contributed by atoms with van der Waals surface area (Å²) in [6.07, 6.45) is -0.308. The molecule has 1 aliphatic heterocycles. The lowest BCUT2D eigenvalue weighted by molar-refractivity contribution is -0.136. The van der Waals surface area contributed by atoms with E-state index in [0.29, 0.717) is 21.8 Å². The molecule has 0 unspecified atom stereocenters. The van der Waals surface area contributed by atoms with Gasteiger partial charge in [-0.2, -0.15) is 0 Å². The number of hydrogen-bond donors (Lipinski definition) is 1. The molecule has 1 aliphatic rings. The highest BCUT2D eigenvalue weighted by atomic mass is 35.5. The van der Waals surface area contributed by atoms with E-state index in [9.17, 15) is 14.7 Å². The number of anilines is 1. The first-order chi connectivity index (χ1) is 13.9. The summed E-state index contributed by atoms with van der Waals surface area (Å²) in [7, 11) is 0. The Kier molecular flexibility index (Phi) is 4.99. The van der Waals surface area contributed by atoms with Gasteiger partial charge in [0.2, 0.25) is 0 Å². The second-order valence-electron chi connectivity index (χ2n) is 7.36. The fraction of sp³-hybridized carbons (Fsp3) is 0.167. The summed E-state index contributed by atoms with van der Waals surface area (Å²) in [4.78, 5) is 27.6. The zero-order chi connectivity index (χ0) is 20.6. The predicted molar refractivity (Wildman–Crippen MR) is 113 cm³/mol. The summed E-state index contributed by atoms with van der Waals surface area (Å²) in [6.45, 7) is 2.20. The minimum atomic E-state index is -1.89. The van der Waals surface area contributed by atoms with Crippen molar-refractivity contribution in [3.63, 3.8) is 0 Å². The Bertz CT molecular complexity index is 1090. The number of hydrogen-bond acceptors (Lipinski definition) is 3. The minimum Gasteiger partial charge on any atom is -0.375 e. The zero-order valence-electron chi connectivity index (χ0n) is 15.9. The number of carbonyl (C=O) groups is 2. The summed E-state index contributed by atoms with van der Waals surface area (Å²) in [5.74, 6) is -0.778. The fourth-order valence-electron chi connectivity index (χ4n) is 3.73. The molecular formula is C24H20ClNO3. The standard InChI is InChI=1S/C24H20ClNO3/c1-16-9-11-18(12-10-16)22(27)14-24(29)20-7-2-3-8-21(20)26(23(24)28)15-17-5-4-6-19(25)13-17/h2-13,29H,14-15H2,1H3/t24-/m0/s1. The Morgan fingerprint density at radius 1 is 1.03 bits per heavy atom. The van der Waals surface area contributed by atoms with E-state index in [1.165, 1.54) is 4.90 Å². The average molecular weight is 406 g/mol. The molecule has 1 N–H and O–H groups in total. The molecule has 0 saturated carbocycles. The molecule has 4 rings (SSSR count). The van der Waals surface area contributed by atoms with Crippen LogP contribution >= 0.6 is 11.6 Å². The van der Waals surface area contributed by atoms with Crippen LogP contribution in [0.4, 0.5) is 5.69 Å². The summed E-state index contributed by atoms with van der Waals surface area (Å²) >= 11 is 6.07. The van der Waals surface area contributed by atoms with Gasteiger partial charge in [-0.15, -0.1) is 0 Å². The molecule has 0 bridgehead atoms. The number of aryl methyl sites for hydroxylation is 1. The van der Waals surface area contributed by atoms with Gasteiger partial charge in [-0.25, -0.2) is 0 Å². The molecule has 1 heterocycles. The van der Waals surface area contributed by atoms with Crippen LogP contribution in [0.3, 0.4) is 0 Å². The summed E-state index contributed by atoms with van der Waals surface area (Å²) in [5, 5.41) is 11.9. The second-order valence-corrected chi connectivity index (χ2v) is 7.80. The summed E-state index contributed by atoms with van der Waals surface area (Å²) in [6, 6.07) is 21.4. The lowest BCUT2D eigenvalue weighted by Gasteiger charge is -2.23. The molecule has 4 nitrogen and oxygen atoms in total. The number of aliphatic hydroxyl groups is 1. The number of halogens is 1. The molecule has 3 aromatic rings. The molecule has 0 aromatic heterocycles. The van der Waals surface area contributed by atoms with Gasteiger partial charge in [0, 0.05) is 16.1 Å². The Balaban J connectivity index is 1.67. The van der Waals surface area contributed by atoms with E-state index < -0.39 is 11.5 Å². The van der Waals surface area contributed by atoms with Crippen LogP contribution in [0.5, 0.6) is 0 Å². The van der Waals surface area contributed by atoms with Gasteiger partial charge in [-0.3, -0.25) is 9.59 Å². The van der Waals surface area contributed by atoms with E-state index >= 15 is 0 Å². The molecular weight excluding hydrogens is 386 g/mol.